The molecule has 0 aliphatic heterocycles. The van der Waals surface area contributed by atoms with E-state index < -0.39 is 5.97 Å². The van der Waals surface area contributed by atoms with Gasteiger partial charge in [0, 0.05) is 18.5 Å². The van der Waals surface area contributed by atoms with Crippen molar-refractivity contribution >= 4 is 5.97 Å². The number of benzene rings is 1. The number of nitrogens with one attached hydrogen (secondary N) is 1. The highest BCUT2D eigenvalue weighted by Gasteiger charge is 2.05. The smallest absolute Gasteiger partial charge is 0.335 e. The molecule has 0 radical (unpaired) electrons. The van der Waals surface area contributed by atoms with Crippen molar-refractivity contribution in [1.82, 2.24) is 5.32 Å². The van der Waals surface area contributed by atoms with Gasteiger partial charge in [-0.15, -0.1) is 0 Å². The molecule has 0 aromatic heterocycles. The van der Waals surface area contributed by atoms with Crippen LogP contribution in [0.2, 0.25) is 0 Å². The number of carbonyl (C=O) groups is 1. The summed E-state index contributed by atoms with van der Waals surface area (Å²) in [6.45, 7) is 2.64. The molecule has 0 bridgehead atoms. The second kappa shape index (κ2) is 5.94. The molecule has 0 saturated heterocycles. The average Bonchev–Trinajstić information content (AvgIpc) is 2.24. The van der Waals surface area contributed by atoms with Crippen LogP contribution in [0.1, 0.15) is 27.9 Å². The van der Waals surface area contributed by atoms with Gasteiger partial charge in [0.15, 0.2) is 0 Å². The van der Waals surface area contributed by atoms with Crippen LogP contribution in [0.25, 0.3) is 0 Å². The summed E-state index contributed by atoms with van der Waals surface area (Å²) in [4.78, 5) is 10.8. The molecule has 2 N–H and O–H groups in total. The zero-order valence-electron chi connectivity index (χ0n) is 9.50. The predicted molar refractivity (Wildman–Crippen MR) is 63.6 cm³/mol. The number of hydrogen-bond donors (Lipinski definition) is 2. The maximum atomic E-state index is 10.8. The maximum absolute atomic E-state index is 10.8. The van der Waals surface area contributed by atoms with Gasteiger partial charge in [0.1, 0.15) is 0 Å². The molecule has 0 unspecified atom stereocenters. The van der Waals surface area contributed by atoms with Crippen molar-refractivity contribution in [3.8, 4) is 11.8 Å². The first-order chi connectivity index (χ1) is 7.65. The van der Waals surface area contributed by atoms with E-state index in [1.165, 1.54) is 0 Å². The Balaban J connectivity index is 2.80. The third-order valence-corrected chi connectivity index (χ3v) is 2.19. The Morgan fingerprint density at radius 1 is 1.50 bits per heavy atom. The zero-order chi connectivity index (χ0) is 12.0. The minimum absolute atomic E-state index is 0.334. The van der Waals surface area contributed by atoms with Gasteiger partial charge >= 0.3 is 5.97 Å². The van der Waals surface area contributed by atoms with Gasteiger partial charge in [-0.3, -0.25) is 0 Å². The van der Waals surface area contributed by atoms with E-state index in [1.54, 1.807) is 25.1 Å². The van der Waals surface area contributed by atoms with Gasteiger partial charge in [0.2, 0.25) is 0 Å². The van der Waals surface area contributed by atoms with Gasteiger partial charge in [-0.25, -0.2) is 4.79 Å². The van der Waals surface area contributed by atoms with Gasteiger partial charge in [-0.2, -0.15) is 0 Å². The summed E-state index contributed by atoms with van der Waals surface area (Å²) >= 11 is 0. The highest BCUT2D eigenvalue weighted by Crippen LogP contribution is 2.10. The van der Waals surface area contributed by atoms with E-state index in [2.05, 4.69) is 17.2 Å². The van der Waals surface area contributed by atoms with Crippen molar-refractivity contribution in [3.05, 3.63) is 34.9 Å². The lowest BCUT2D eigenvalue weighted by atomic mass is 10.1. The Morgan fingerprint density at radius 3 is 2.81 bits per heavy atom. The van der Waals surface area contributed by atoms with Gasteiger partial charge in [0.25, 0.3) is 0 Å². The van der Waals surface area contributed by atoms with Crippen molar-refractivity contribution < 1.29 is 9.90 Å². The number of hydrogen-bond acceptors (Lipinski definition) is 2. The van der Waals surface area contributed by atoms with Crippen molar-refractivity contribution in [2.45, 2.75) is 13.3 Å². The van der Waals surface area contributed by atoms with Crippen molar-refractivity contribution in [1.29, 1.82) is 0 Å². The minimum Gasteiger partial charge on any atom is -0.478 e. The summed E-state index contributed by atoms with van der Waals surface area (Å²) in [6.07, 6.45) is 0.788. The molecular weight excluding hydrogens is 202 g/mol. The molecule has 0 saturated carbocycles. The van der Waals surface area contributed by atoms with E-state index in [9.17, 15) is 4.79 Å². The number of carboxylic acids is 1. The van der Waals surface area contributed by atoms with E-state index in [0.29, 0.717) is 5.56 Å². The Morgan fingerprint density at radius 2 is 2.25 bits per heavy atom. The zero-order valence-corrected chi connectivity index (χ0v) is 9.50. The van der Waals surface area contributed by atoms with Gasteiger partial charge in [-0.1, -0.05) is 11.8 Å². The topological polar surface area (TPSA) is 49.3 Å². The molecule has 1 rings (SSSR count). The second-order valence-corrected chi connectivity index (χ2v) is 3.49. The SMILES string of the molecule is CNCCC#Cc1ccc(C(=O)O)c(C)c1. The Hall–Kier alpha value is -1.79. The summed E-state index contributed by atoms with van der Waals surface area (Å²) in [5.41, 5.74) is 1.94. The molecule has 3 heteroatoms. The monoisotopic (exact) mass is 217 g/mol. The largest absolute Gasteiger partial charge is 0.478 e. The van der Waals surface area contributed by atoms with Crippen LogP contribution in [-0.4, -0.2) is 24.7 Å². The van der Waals surface area contributed by atoms with E-state index in [4.69, 9.17) is 5.11 Å². The van der Waals surface area contributed by atoms with E-state index in [1.807, 2.05) is 7.05 Å². The molecule has 1 aromatic carbocycles. The molecule has 0 fully saturated rings. The van der Waals surface area contributed by atoms with Crippen LogP contribution < -0.4 is 5.32 Å². The van der Waals surface area contributed by atoms with Crippen LogP contribution in [0.4, 0.5) is 0 Å². The molecule has 3 nitrogen and oxygen atoms in total. The fourth-order valence-corrected chi connectivity index (χ4v) is 1.33. The first kappa shape index (κ1) is 12.3. The molecule has 0 aliphatic carbocycles. The molecule has 1 aromatic rings. The summed E-state index contributed by atoms with van der Waals surface area (Å²) in [7, 11) is 1.88. The van der Waals surface area contributed by atoms with Crippen LogP contribution in [0, 0.1) is 18.8 Å². The van der Waals surface area contributed by atoms with Crippen LogP contribution >= 0.6 is 0 Å². The van der Waals surface area contributed by atoms with Crippen LogP contribution in [0.5, 0.6) is 0 Å². The Bertz CT molecular complexity index is 441. The lowest BCUT2D eigenvalue weighted by Gasteiger charge is -2.00. The number of aromatic carboxylic acids is 1. The maximum Gasteiger partial charge on any atom is 0.335 e. The van der Waals surface area contributed by atoms with E-state index in [0.717, 1.165) is 24.1 Å². The van der Waals surface area contributed by atoms with Crippen molar-refractivity contribution in [3.63, 3.8) is 0 Å². The standard InChI is InChI=1S/C13H15NO2/c1-10-9-11(5-3-4-8-14-2)6-7-12(10)13(15)16/h6-7,9,14H,4,8H2,1-2H3,(H,15,16). The molecule has 16 heavy (non-hydrogen) atoms. The third-order valence-electron chi connectivity index (χ3n) is 2.19. The first-order valence-corrected chi connectivity index (χ1v) is 5.12. The lowest BCUT2D eigenvalue weighted by Crippen LogP contribution is -2.05. The molecule has 0 atom stereocenters. The summed E-state index contributed by atoms with van der Waals surface area (Å²) in [5.74, 6) is 5.13. The summed E-state index contributed by atoms with van der Waals surface area (Å²) in [6, 6.07) is 5.14. The third kappa shape index (κ3) is 3.41. The molecule has 0 aliphatic rings. The molecule has 0 heterocycles. The fourth-order valence-electron chi connectivity index (χ4n) is 1.33. The molecule has 84 valence electrons. The predicted octanol–water partition coefficient (Wildman–Crippen LogP) is 1.65. The summed E-state index contributed by atoms with van der Waals surface area (Å²) < 4.78 is 0. The average molecular weight is 217 g/mol. The summed E-state index contributed by atoms with van der Waals surface area (Å²) in [5, 5.41) is 11.9. The highest BCUT2D eigenvalue weighted by molar-refractivity contribution is 5.89. The van der Waals surface area contributed by atoms with Crippen LogP contribution in [0.3, 0.4) is 0 Å². The normalized spacial score (nSPS) is 9.38. The quantitative estimate of drug-likeness (QED) is 0.598. The molecule has 0 spiro atoms. The second-order valence-electron chi connectivity index (χ2n) is 3.49. The fraction of sp³-hybridized carbons (Fsp3) is 0.308. The van der Waals surface area contributed by atoms with E-state index >= 15 is 0 Å². The Labute approximate surface area is 95.5 Å². The molecular formula is C13H15NO2. The van der Waals surface area contributed by atoms with Gasteiger partial charge < -0.3 is 10.4 Å². The van der Waals surface area contributed by atoms with Gasteiger partial charge in [-0.05, 0) is 37.7 Å². The number of rotatable bonds is 3. The lowest BCUT2D eigenvalue weighted by molar-refractivity contribution is 0.0696. The first-order valence-electron chi connectivity index (χ1n) is 5.12. The Kier molecular flexibility index (Phi) is 4.56. The minimum atomic E-state index is -0.896. The van der Waals surface area contributed by atoms with Crippen LogP contribution in [-0.2, 0) is 0 Å². The van der Waals surface area contributed by atoms with Crippen molar-refractivity contribution in [2.75, 3.05) is 13.6 Å². The number of carboxylic acid groups (broad SMARTS) is 1. The number of aryl methyl sites for hydroxylation is 1. The van der Waals surface area contributed by atoms with Crippen LogP contribution in [0.15, 0.2) is 18.2 Å². The van der Waals surface area contributed by atoms with E-state index in [-0.39, 0.29) is 0 Å². The highest BCUT2D eigenvalue weighted by atomic mass is 16.4. The molecule has 0 amide bonds. The van der Waals surface area contributed by atoms with Crippen molar-refractivity contribution in [2.24, 2.45) is 0 Å². The van der Waals surface area contributed by atoms with Gasteiger partial charge in [0.05, 0.1) is 5.56 Å².